The number of nitrogens with one attached hydrogen (secondary N) is 1. The molecule has 0 spiro atoms. The number of imide groups is 1. The highest BCUT2D eigenvalue weighted by molar-refractivity contribution is 9.10. The van der Waals surface area contributed by atoms with Gasteiger partial charge in [-0.15, -0.1) is 0 Å². The fourth-order valence-corrected chi connectivity index (χ4v) is 7.83. The Labute approximate surface area is 218 Å². The monoisotopic (exact) mass is 549 g/mol. The van der Waals surface area contributed by atoms with Gasteiger partial charge in [0.15, 0.2) is 5.78 Å². The summed E-state index contributed by atoms with van der Waals surface area (Å²) >= 11 is 3.71. The van der Waals surface area contributed by atoms with Gasteiger partial charge in [0.05, 0.1) is 16.7 Å². The smallest absolute Gasteiger partial charge is 0.248 e. The normalized spacial score (nSPS) is 30.8. The van der Waals surface area contributed by atoms with Crippen LogP contribution in [0.25, 0.3) is 11.1 Å². The lowest BCUT2D eigenvalue weighted by Crippen LogP contribution is -2.50. The van der Waals surface area contributed by atoms with E-state index in [1.54, 1.807) is 13.8 Å². The first-order valence-electron chi connectivity index (χ1n) is 12.1. The minimum Gasteiger partial charge on any atom is -0.355 e. The minimum atomic E-state index is -1.44. The van der Waals surface area contributed by atoms with Crippen molar-refractivity contribution in [3.8, 4) is 0 Å². The fraction of sp³-hybridized carbons (Fsp3) is 0.357. The van der Waals surface area contributed by atoms with Crippen LogP contribution in [-0.4, -0.2) is 52.4 Å². The van der Waals surface area contributed by atoms with E-state index in [-0.39, 0.29) is 24.7 Å². The zero-order valence-corrected chi connectivity index (χ0v) is 21.8. The van der Waals surface area contributed by atoms with Crippen LogP contribution in [0.3, 0.4) is 0 Å². The van der Waals surface area contributed by atoms with Crippen LogP contribution >= 0.6 is 15.9 Å². The van der Waals surface area contributed by atoms with E-state index in [1.807, 2.05) is 60.7 Å². The molecule has 4 unspecified atom stereocenters. The third-order valence-corrected chi connectivity index (χ3v) is 9.71. The lowest BCUT2D eigenvalue weighted by Gasteiger charge is -2.41. The molecule has 2 aromatic carbocycles. The summed E-state index contributed by atoms with van der Waals surface area (Å²) in [7, 11) is 0. The number of likely N-dealkylation sites (tertiary alicyclic amines) is 1. The van der Waals surface area contributed by atoms with Crippen molar-refractivity contribution < 1.29 is 19.2 Å². The zero-order chi connectivity index (χ0) is 25.9. The molecule has 8 heteroatoms. The number of fused-ring (bicyclic) bond motifs is 5. The van der Waals surface area contributed by atoms with Gasteiger partial charge in [-0.25, -0.2) is 0 Å². The number of carbonyl (C=O) groups is 4. The number of nitrogens with zero attached hydrogens (tertiary/aromatic N) is 1. The van der Waals surface area contributed by atoms with Crippen molar-refractivity contribution in [2.45, 2.75) is 24.6 Å². The van der Waals surface area contributed by atoms with E-state index in [0.29, 0.717) is 13.1 Å². The number of carbonyl (C=O) groups excluding carboxylic acids is 4. The van der Waals surface area contributed by atoms with E-state index in [2.05, 4.69) is 21.2 Å². The number of allylic oxidation sites excluding steroid dienone is 2. The molecule has 2 fully saturated rings. The number of hydrogen-bond donors (Lipinski definition) is 2. The van der Waals surface area contributed by atoms with Crippen LogP contribution in [0, 0.1) is 16.7 Å². The van der Waals surface area contributed by atoms with E-state index in [0.717, 1.165) is 27.2 Å². The number of halogens is 1. The van der Waals surface area contributed by atoms with Gasteiger partial charge in [0, 0.05) is 26.1 Å². The molecule has 3 aliphatic rings. The second kappa shape index (κ2) is 8.49. The summed E-state index contributed by atoms with van der Waals surface area (Å²) in [6.07, 6.45) is -0.0286. The highest BCUT2D eigenvalue weighted by atomic mass is 79.9. The molecule has 3 N–H and O–H groups in total. The standard InChI is InChI=1S/C28H28BrN3O4/c1-26-20(17-9-5-3-6-10-17)21(18-11-7-4-8-12-18)27(2,24(26)35)28(29)22(26)23(34)32(25(28)36)16-13-19(33)31-15-14-30/h3-12,22H,13-16,30H2,1-2H3,(H,31,33). The number of amides is 3. The predicted molar refractivity (Wildman–Crippen MR) is 139 cm³/mol. The van der Waals surface area contributed by atoms with Gasteiger partial charge in [0.2, 0.25) is 17.7 Å². The maximum Gasteiger partial charge on any atom is 0.248 e. The lowest BCUT2D eigenvalue weighted by atomic mass is 9.63. The molecule has 2 aliphatic carbocycles. The summed E-state index contributed by atoms with van der Waals surface area (Å²) in [6, 6.07) is 19.2. The topological polar surface area (TPSA) is 110 Å². The van der Waals surface area contributed by atoms with Gasteiger partial charge in [-0.3, -0.25) is 24.1 Å². The fourth-order valence-electron chi connectivity index (χ4n) is 6.58. The summed E-state index contributed by atoms with van der Waals surface area (Å²) in [5.41, 5.74) is 6.17. The Morgan fingerprint density at radius 3 is 2.08 bits per heavy atom. The maximum atomic E-state index is 14.3. The second-order valence-corrected chi connectivity index (χ2v) is 11.2. The molecule has 2 bridgehead atoms. The predicted octanol–water partition coefficient (Wildman–Crippen LogP) is 2.79. The highest BCUT2D eigenvalue weighted by Gasteiger charge is 2.85. The molecule has 5 rings (SSSR count). The van der Waals surface area contributed by atoms with Gasteiger partial charge in [-0.05, 0) is 36.1 Å². The minimum absolute atomic E-state index is 0.0286. The van der Waals surface area contributed by atoms with Crippen molar-refractivity contribution in [2.24, 2.45) is 22.5 Å². The summed E-state index contributed by atoms with van der Waals surface area (Å²) in [5, 5.41) is 2.67. The molecule has 3 amide bonds. The van der Waals surface area contributed by atoms with E-state index >= 15 is 0 Å². The number of rotatable bonds is 7. The Morgan fingerprint density at radius 1 is 0.972 bits per heavy atom. The Balaban J connectivity index is 1.67. The number of benzene rings is 2. The van der Waals surface area contributed by atoms with Crippen LogP contribution < -0.4 is 11.1 Å². The van der Waals surface area contributed by atoms with Crippen molar-refractivity contribution in [3.63, 3.8) is 0 Å². The Bertz CT molecular complexity index is 1310. The van der Waals surface area contributed by atoms with Gasteiger partial charge in [-0.2, -0.15) is 0 Å². The molecule has 186 valence electrons. The number of alkyl halides is 1. The molecular formula is C28H28BrN3O4. The summed E-state index contributed by atoms with van der Waals surface area (Å²) < 4.78 is -1.44. The van der Waals surface area contributed by atoms with E-state index in [4.69, 9.17) is 5.73 Å². The van der Waals surface area contributed by atoms with Crippen molar-refractivity contribution >= 4 is 50.6 Å². The molecule has 0 aromatic heterocycles. The molecule has 2 aromatic rings. The highest BCUT2D eigenvalue weighted by Crippen LogP contribution is 2.77. The third-order valence-electron chi connectivity index (χ3n) is 8.12. The molecule has 0 radical (unpaired) electrons. The van der Waals surface area contributed by atoms with Crippen molar-refractivity contribution in [1.29, 1.82) is 0 Å². The quantitative estimate of drug-likeness (QED) is 0.407. The molecule has 7 nitrogen and oxygen atoms in total. The van der Waals surface area contributed by atoms with Gasteiger partial charge in [-0.1, -0.05) is 76.6 Å². The molecule has 4 atom stereocenters. The van der Waals surface area contributed by atoms with Crippen LogP contribution in [0.15, 0.2) is 60.7 Å². The SMILES string of the molecule is CC12C(=O)C(C)(C(c3ccccc3)=C1c1ccccc1)C1(Br)C(=O)N(CCC(=O)NCCN)C(=O)C21. The van der Waals surface area contributed by atoms with Crippen molar-refractivity contribution in [3.05, 3.63) is 71.8 Å². The van der Waals surface area contributed by atoms with Crippen molar-refractivity contribution in [1.82, 2.24) is 10.2 Å². The summed E-state index contributed by atoms with van der Waals surface area (Å²) in [6.45, 7) is 4.14. The van der Waals surface area contributed by atoms with Gasteiger partial charge >= 0.3 is 0 Å². The summed E-state index contributed by atoms with van der Waals surface area (Å²) in [5.74, 6) is -2.25. The van der Waals surface area contributed by atoms with Crippen LogP contribution in [0.1, 0.15) is 31.4 Å². The zero-order valence-electron chi connectivity index (χ0n) is 20.2. The number of nitrogens with two attached hydrogens (primary N) is 1. The van der Waals surface area contributed by atoms with Gasteiger partial charge in [0.1, 0.15) is 4.32 Å². The summed E-state index contributed by atoms with van der Waals surface area (Å²) in [4.78, 5) is 55.5. The third kappa shape index (κ3) is 2.94. The Kier molecular flexibility index (Phi) is 5.80. The van der Waals surface area contributed by atoms with Gasteiger partial charge < -0.3 is 11.1 Å². The number of Topliss-reactive ketones (excluding diaryl/α,β-unsaturated/α-hetero) is 1. The molecular weight excluding hydrogens is 522 g/mol. The lowest BCUT2D eigenvalue weighted by molar-refractivity contribution is -0.144. The first kappa shape index (κ1) is 24.6. The average molecular weight is 550 g/mol. The van der Waals surface area contributed by atoms with Crippen LogP contribution in [0.4, 0.5) is 0 Å². The first-order valence-corrected chi connectivity index (χ1v) is 12.9. The van der Waals surface area contributed by atoms with Crippen LogP contribution in [0.5, 0.6) is 0 Å². The van der Waals surface area contributed by atoms with E-state index < -0.39 is 32.9 Å². The second-order valence-electron chi connectivity index (χ2n) is 9.97. The Morgan fingerprint density at radius 2 is 1.53 bits per heavy atom. The maximum absolute atomic E-state index is 14.3. The first-order chi connectivity index (χ1) is 17.1. The van der Waals surface area contributed by atoms with Crippen LogP contribution in [0.2, 0.25) is 0 Å². The molecule has 1 saturated carbocycles. The van der Waals surface area contributed by atoms with Gasteiger partial charge in [0.25, 0.3) is 0 Å². The van der Waals surface area contributed by atoms with E-state index in [9.17, 15) is 19.2 Å². The molecule has 36 heavy (non-hydrogen) atoms. The van der Waals surface area contributed by atoms with Crippen LogP contribution in [-0.2, 0) is 19.2 Å². The molecule has 1 heterocycles. The number of hydrogen-bond acceptors (Lipinski definition) is 5. The van der Waals surface area contributed by atoms with E-state index in [1.165, 1.54) is 0 Å². The largest absolute Gasteiger partial charge is 0.355 e. The Hall–Kier alpha value is -3.10. The molecule has 1 saturated heterocycles. The molecule has 1 aliphatic heterocycles. The number of ketones is 1. The van der Waals surface area contributed by atoms with Crippen molar-refractivity contribution in [2.75, 3.05) is 19.6 Å². The average Bonchev–Trinajstić information content (AvgIpc) is 3.26.